The molecule has 6 heteroatoms. The maximum absolute atomic E-state index is 12.9. The molecule has 0 unspecified atom stereocenters. The van der Waals surface area contributed by atoms with Crippen LogP contribution in [0.25, 0.3) is 0 Å². The predicted octanol–water partition coefficient (Wildman–Crippen LogP) is 3.34. The van der Waals surface area contributed by atoms with Gasteiger partial charge in [0.15, 0.2) is 0 Å². The highest BCUT2D eigenvalue weighted by molar-refractivity contribution is 5.79. The molecule has 1 heterocycles. The van der Waals surface area contributed by atoms with Crippen molar-refractivity contribution in [3.63, 3.8) is 0 Å². The van der Waals surface area contributed by atoms with Gasteiger partial charge in [0.1, 0.15) is 0 Å². The van der Waals surface area contributed by atoms with E-state index in [0.717, 1.165) is 32.1 Å². The van der Waals surface area contributed by atoms with E-state index >= 15 is 0 Å². The van der Waals surface area contributed by atoms with E-state index in [0.29, 0.717) is 18.4 Å². The molecule has 24 heavy (non-hydrogen) atoms. The van der Waals surface area contributed by atoms with Crippen LogP contribution in [0.5, 0.6) is 0 Å². The van der Waals surface area contributed by atoms with E-state index in [1.54, 1.807) is 0 Å². The largest absolute Gasteiger partial charge is 0.416 e. The minimum Gasteiger partial charge on any atom is -0.355 e. The van der Waals surface area contributed by atoms with E-state index in [1.165, 1.54) is 18.2 Å². The fourth-order valence-electron chi connectivity index (χ4n) is 3.21. The summed E-state index contributed by atoms with van der Waals surface area (Å²) in [5.41, 5.74) is -0.709. The average Bonchev–Trinajstić information content (AvgIpc) is 2.91. The zero-order chi connectivity index (χ0) is 17.7. The molecule has 134 valence electrons. The third-order valence-corrected chi connectivity index (χ3v) is 4.25. The normalized spacial score (nSPS) is 19.0. The summed E-state index contributed by atoms with van der Waals surface area (Å²) in [6.45, 7) is 7.89. The van der Waals surface area contributed by atoms with Crippen LogP contribution in [0.4, 0.5) is 13.2 Å². The Morgan fingerprint density at radius 3 is 2.71 bits per heavy atom. The molecule has 2 rings (SSSR count). The van der Waals surface area contributed by atoms with Gasteiger partial charge in [0.25, 0.3) is 0 Å². The molecule has 0 aromatic heterocycles. The Balaban J connectivity index is 1.83. The quantitative estimate of drug-likeness (QED) is 0.860. The first kappa shape index (κ1) is 18.8. The molecular weight excluding hydrogens is 317 g/mol. The SMILES string of the molecule is CC(C)CN1CC[C@H](CNC(=O)Cc2ccccc2C(F)(F)F)C1. The number of rotatable bonds is 6. The Kier molecular flexibility index (Phi) is 6.27. The van der Waals surface area contributed by atoms with Crippen molar-refractivity contribution >= 4 is 5.91 Å². The lowest BCUT2D eigenvalue weighted by atomic mass is 10.0. The lowest BCUT2D eigenvalue weighted by Crippen LogP contribution is -2.33. The van der Waals surface area contributed by atoms with Crippen molar-refractivity contribution < 1.29 is 18.0 Å². The van der Waals surface area contributed by atoms with Crippen LogP contribution in [0.2, 0.25) is 0 Å². The van der Waals surface area contributed by atoms with Crippen LogP contribution in [-0.2, 0) is 17.4 Å². The molecule has 1 aliphatic heterocycles. The topological polar surface area (TPSA) is 32.3 Å². The second-order valence-corrected chi connectivity index (χ2v) is 6.94. The van der Waals surface area contributed by atoms with Crippen LogP contribution in [0, 0.1) is 11.8 Å². The van der Waals surface area contributed by atoms with Gasteiger partial charge in [-0.1, -0.05) is 32.0 Å². The molecule has 0 bridgehead atoms. The molecule has 0 saturated carbocycles. The van der Waals surface area contributed by atoms with Crippen LogP contribution in [0.1, 0.15) is 31.4 Å². The number of halogens is 3. The van der Waals surface area contributed by atoms with Crippen LogP contribution in [0.3, 0.4) is 0 Å². The molecule has 0 radical (unpaired) electrons. The Morgan fingerprint density at radius 1 is 1.33 bits per heavy atom. The Labute approximate surface area is 141 Å². The molecule has 0 spiro atoms. The fraction of sp³-hybridized carbons (Fsp3) is 0.611. The molecule has 3 nitrogen and oxygen atoms in total. The molecule has 1 aromatic carbocycles. The number of carbonyl (C=O) groups excluding carboxylic acids is 1. The second kappa shape index (κ2) is 8.01. The monoisotopic (exact) mass is 342 g/mol. The zero-order valence-corrected chi connectivity index (χ0v) is 14.2. The predicted molar refractivity (Wildman–Crippen MR) is 87.5 cm³/mol. The number of alkyl halides is 3. The van der Waals surface area contributed by atoms with E-state index in [2.05, 4.69) is 24.1 Å². The second-order valence-electron chi connectivity index (χ2n) is 6.94. The summed E-state index contributed by atoms with van der Waals surface area (Å²) in [5.74, 6) is 0.636. The van der Waals surface area contributed by atoms with Crippen LogP contribution >= 0.6 is 0 Å². The minimum absolute atomic E-state index is 0.0235. The fourth-order valence-corrected chi connectivity index (χ4v) is 3.21. The van der Waals surface area contributed by atoms with E-state index in [1.807, 2.05) is 0 Å². The number of carbonyl (C=O) groups is 1. The van der Waals surface area contributed by atoms with Gasteiger partial charge in [-0.25, -0.2) is 0 Å². The van der Waals surface area contributed by atoms with Crippen molar-refractivity contribution in [2.75, 3.05) is 26.2 Å². The Bertz CT molecular complexity index is 557. The lowest BCUT2D eigenvalue weighted by Gasteiger charge is -2.18. The van der Waals surface area contributed by atoms with Crippen molar-refractivity contribution in [3.8, 4) is 0 Å². The van der Waals surface area contributed by atoms with Gasteiger partial charge < -0.3 is 10.2 Å². The standard InChI is InChI=1S/C18H25F3N2O/c1-13(2)11-23-8-7-14(12-23)10-22-17(24)9-15-5-3-4-6-16(15)18(19,20)21/h3-6,13-14H,7-12H2,1-2H3,(H,22,24)/t14-/m1/s1. The highest BCUT2D eigenvalue weighted by Crippen LogP contribution is 2.32. The molecule has 1 aromatic rings. The van der Waals surface area contributed by atoms with Crippen molar-refractivity contribution in [2.24, 2.45) is 11.8 Å². The Morgan fingerprint density at radius 2 is 2.04 bits per heavy atom. The van der Waals surface area contributed by atoms with Gasteiger partial charge in [0.05, 0.1) is 12.0 Å². The van der Waals surface area contributed by atoms with Gasteiger partial charge in [-0.2, -0.15) is 13.2 Å². The van der Waals surface area contributed by atoms with E-state index in [9.17, 15) is 18.0 Å². The van der Waals surface area contributed by atoms with E-state index < -0.39 is 11.7 Å². The average molecular weight is 342 g/mol. The van der Waals surface area contributed by atoms with Gasteiger partial charge in [-0.05, 0) is 36.4 Å². The molecule has 0 aliphatic carbocycles. The van der Waals surface area contributed by atoms with E-state index in [-0.39, 0.29) is 17.9 Å². The Hall–Kier alpha value is -1.56. The van der Waals surface area contributed by atoms with Crippen molar-refractivity contribution in [1.29, 1.82) is 0 Å². The third-order valence-electron chi connectivity index (χ3n) is 4.25. The summed E-state index contributed by atoms with van der Waals surface area (Å²) in [6, 6.07) is 5.25. The summed E-state index contributed by atoms with van der Waals surface area (Å²) in [4.78, 5) is 14.4. The van der Waals surface area contributed by atoms with Crippen LogP contribution in [0.15, 0.2) is 24.3 Å². The summed E-state index contributed by atoms with van der Waals surface area (Å²) < 4.78 is 38.8. The lowest BCUT2D eigenvalue weighted by molar-refractivity contribution is -0.138. The third kappa shape index (κ3) is 5.51. The summed E-state index contributed by atoms with van der Waals surface area (Å²) in [6.07, 6.45) is -3.65. The van der Waals surface area contributed by atoms with Crippen molar-refractivity contribution in [3.05, 3.63) is 35.4 Å². The molecule has 1 aliphatic rings. The smallest absolute Gasteiger partial charge is 0.355 e. The van der Waals surface area contributed by atoms with Crippen molar-refractivity contribution in [1.82, 2.24) is 10.2 Å². The van der Waals surface area contributed by atoms with Gasteiger partial charge in [-0.15, -0.1) is 0 Å². The summed E-state index contributed by atoms with van der Waals surface area (Å²) in [7, 11) is 0. The first-order chi connectivity index (χ1) is 11.3. The molecule has 1 saturated heterocycles. The maximum Gasteiger partial charge on any atom is 0.416 e. The molecular formula is C18H25F3N2O. The number of amides is 1. The van der Waals surface area contributed by atoms with Gasteiger partial charge in [0.2, 0.25) is 5.91 Å². The van der Waals surface area contributed by atoms with E-state index in [4.69, 9.17) is 0 Å². The highest BCUT2D eigenvalue weighted by Gasteiger charge is 2.33. The number of hydrogen-bond donors (Lipinski definition) is 1. The van der Waals surface area contributed by atoms with Gasteiger partial charge in [-0.3, -0.25) is 4.79 Å². The van der Waals surface area contributed by atoms with Crippen LogP contribution < -0.4 is 5.32 Å². The minimum atomic E-state index is -4.43. The maximum atomic E-state index is 12.9. The van der Waals surface area contributed by atoms with Gasteiger partial charge in [0, 0.05) is 19.6 Å². The molecule has 1 N–H and O–H groups in total. The van der Waals surface area contributed by atoms with Crippen LogP contribution in [-0.4, -0.2) is 37.0 Å². The number of nitrogens with zero attached hydrogens (tertiary/aromatic N) is 1. The number of hydrogen-bond acceptors (Lipinski definition) is 2. The molecule has 1 fully saturated rings. The van der Waals surface area contributed by atoms with Gasteiger partial charge >= 0.3 is 6.18 Å². The summed E-state index contributed by atoms with van der Waals surface area (Å²) >= 11 is 0. The zero-order valence-electron chi connectivity index (χ0n) is 14.2. The first-order valence-corrected chi connectivity index (χ1v) is 8.40. The highest BCUT2D eigenvalue weighted by atomic mass is 19.4. The van der Waals surface area contributed by atoms with Crippen molar-refractivity contribution in [2.45, 2.75) is 32.9 Å². The first-order valence-electron chi connectivity index (χ1n) is 8.40. The number of likely N-dealkylation sites (tertiary alicyclic amines) is 1. The molecule has 1 amide bonds. The number of nitrogens with one attached hydrogen (secondary N) is 1. The molecule has 1 atom stereocenters. The number of benzene rings is 1. The summed E-state index contributed by atoms with van der Waals surface area (Å²) in [5, 5.41) is 2.79.